The average Bonchev–Trinajstić information content (AvgIpc) is 3.08. The molecule has 140 valence electrons. The van der Waals surface area contributed by atoms with Gasteiger partial charge in [0.25, 0.3) is 0 Å². The third-order valence-corrected chi connectivity index (χ3v) is 7.20. The van der Waals surface area contributed by atoms with Crippen LogP contribution in [0, 0.1) is 6.92 Å². The van der Waals surface area contributed by atoms with Crippen LogP contribution in [0.3, 0.4) is 0 Å². The first-order valence-corrected chi connectivity index (χ1v) is 11.5. The predicted molar refractivity (Wildman–Crippen MR) is 108 cm³/mol. The van der Waals surface area contributed by atoms with E-state index >= 15 is 0 Å². The monoisotopic (exact) mass is 419 g/mol. The Kier molecular flexibility index (Phi) is 6.25. The Labute approximate surface area is 166 Å². The molecule has 0 aliphatic heterocycles. The lowest BCUT2D eigenvalue weighted by Crippen LogP contribution is -2.13. The number of carbonyl (C=O) groups excluding carboxylic acids is 1. The van der Waals surface area contributed by atoms with Gasteiger partial charge in [-0.3, -0.25) is 10.1 Å². The molecule has 1 aromatic heterocycles. The fraction of sp³-hybridized carbons (Fsp3) is 0.167. The number of thioether (sulfide) groups is 1. The van der Waals surface area contributed by atoms with Crippen LogP contribution in [0.25, 0.3) is 0 Å². The first-order valence-electron chi connectivity index (χ1n) is 8.02. The standard InChI is InChI=1S/C18H17N3O3S3/c1-13-7-9-14(10-8-13)25-11-16(22)19-18-21-20-17(26-18)12-27(23,24)15-5-3-2-4-6-15/h2-10H,11-12H2,1H3,(H,19,21,22). The van der Waals surface area contributed by atoms with Gasteiger partial charge in [-0.15, -0.1) is 22.0 Å². The number of nitrogens with one attached hydrogen (secondary N) is 1. The molecule has 1 heterocycles. The number of hydrogen-bond acceptors (Lipinski definition) is 7. The second kappa shape index (κ2) is 8.64. The molecule has 1 N–H and O–H groups in total. The van der Waals surface area contributed by atoms with Gasteiger partial charge < -0.3 is 0 Å². The maximum absolute atomic E-state index is 12.4. The van der Waals surface area contributed by atoms with Crippen LogP contribution in [-0.2, 0) is 20.4 Å². The van der Waals surface area contributed by atoms with Crippen LogP contribution in [0.2, 0.25) is 0 Å². The number of amides is 1. The predicted octanol–water partition coefficient (Wildman–Crippen LogP) is 3.55. The van der Waals surface area contributed by atoms with E-state index in [0.29, 0.717) is 10.1 Å². The van der Waals surface area contributed by atoms with E-state index < -0.39 is 9.84 Å². The van der Waals surface area contributed by atoms with E-state index in [1.165, 1.54) is 11.8 Å². The Morgan fingerprint density at radius 1 is 1.07 bits per heavy atom. The van der Waals surface area contributed by atoms with Crippen molar-refractivity contribution >= 4 is 44.0 Å². The van der Waals surface area contributed by atoms with Crippen molar-refractivity contribution < 1.29 is 13.2 Å². The second-order valence-corrected chi connectivity index (χ2v) is 9.82. The average molecular weight is 420 g/mol. The molecule has 27 heavy (non-hydrogen) atoms. The highest BCUT2D eigenvalue weighted by atomic mass is 32.2. The number of rotatable bonds is 7. The molecule has 3 aromatic rings. The third kappa shape index (κ3) is 5.62. The van der Waals surface area contributed by atoms with Crippen LogP contribution in [0.5, 0.6) is 0 Å². The summed E-state index contributed by atoms with van der Waals surface area (Å²) in [5, 5.41) is 11.0. The Bertz CT molecular complexity index is 1020. The Balaban J connectivity index is 1.56. The Morgan fingerprint density at radius 2 is 1.78 bits per heavy atom. The van der Waals surface area contributed by atoms with Gasteiger partial charge in [0.1, 0.15) is 10.8 Å². The summed E-state index contributed by atoms with van der Waals surface area (Å²) in [5.74, 6) is -0.225. The number of aromatic nitrogens is 2. The van der Waals surface area contributed by atoms with Crippen LogP contribution < -0.4 is 5.32 Å². The van der Waals surface area contributed by atoms with Crippen molar-refractivity contribution in [2.45, 2.75) is 22.5 Å². The molecule has 9 heteroatoms. The molecule has 0 saturated carbocycles. The lowest BCUT2D eigenvalue weighted by molar-refractivity contribution is -0.113. The van der Waals surface area contributed by atoms with Crippen molar-refractivity contribution in [2.75, 3.05) is 11.1 Å². The number of anilines is 1. The highest BCUT2D eigenvalue weighted by Crippen LogP contribution is 2.22. The van der Waals surface area contributed by atoms with E-state index in [1.54, 1.807) is 30.3 Å². The maximum atomic E-state index is 12.4. The molecule has 0 aliphatic rings. The van der Waals surface area contributed by atoms with Gasteiger partial charge in [-0.1, -0.05) is 47.2 Å². The lowest BCUT2D eigenvalue weighted by Gasteiger charge is -2.02. The molecule has 0 spiro atoms. The molecule has 0 atom stereocenters. The van der Waals surface area contributed by atoms with Crippen molar-refractivity contribution in [3.05, 3.63) is 65.2 Å². The van der Waals surface area contributed by atoms with E-state index in [1.807, 2.05) is 31.2 Å². The summed E-state index contributed by atoms with van der Waals surface area (Å²) < 4.78 is 24.7. The van der Waals surface area contributed by atoms with Crippen molar-refractivity contribution in [3.8, 4) is 0 Å². The van der Waals surface area contributed by atoms with Gasteiger partial charge in [0, 0.05) is 4.90 Å². The van der Waals surface area contributed by atoms with Crippen molar-refractivity contribution in [1.82, 2.24) is 10.2 Å². The topological polar surface area (TPSA) is 89.0 Å². The number of hydrogen-bond donors (Lipinski definition) is 1. The minimum absolute atomic E-state index is 0.214. The largest absolute Gasteiger partial charge is 0.300 e. The van der Waals surface area contributed by atoms with Crippen LogP contribution in [-0.4, -0.2) is 30.3 Å². The lowest BCUT2D eigenvalue weighted by atomic mass is 10.2. The number of carbonyl (C=O) groups is 1. The molecule has 0 aliphatic carbocycles. The number of nitrogens with zero attached hydrogens (tertiary/aromatic N) is 2. The molecule has 0 unspecified atom stereocenters. The van der Waals surface area contributed by atoms with Crippen molar-refractivity contribution in [1.29, 1.82) is 0 Å². The molecule has 0 radical (unpaired) electrons. The Hall–Kier alpha value is -2.23. The smallest absolute Gasteiger partial charge is 0.236 e. The fourth-order valence-electron chi connectivity index (χ4n) is 2.17. The van der Waals surface area contributed by atoms with E-state index in [2.05, 4.69) is 15.5 Å². The molecule has 2 aromatic carbocycles. The van der Waals surface area contributed by atoms with Crippen LogP contribution in [0.4, 0.5) is 5.13 Å². The summed E-state index contributed by atoms with van der Waals surface area (Å²) in [6, 6.07) is 16.1. The van der Waals surface area contributed by atoms with Crippen molar-refractivity contribution in [2.24, 2.45) is 0 Å². The normalized spacial score (nSPS) is 11.3. The molecule has 3 rings (SSSR count). The fourth-order valence-corrected chi connectivity index (χ4v) is 5.25. The van der Waals surface area contributed by atoms with Gasteiger partial charge in [0.2, 0.25) is 11.0 Å². The van der Waals surface area contributed by atoms with E-state index in [0.717, 1.165) is 21.8 Å². The summed E-state index contributed by atoms with van der Waals surface area (Å²) in [6.45, 7) is 2.01. The zero-order valence-corrected chi connectivity index (χ0v) is 16.9. The van der Waals surface area contributed by atoms with Gasteiger partial charge >= 0.3 is 0 Å². The Morgan fingerprint density at radius 3 is 2.48 bits per heavy atom. The molecule has 0 saturated heterocycles. The van der Waals surface area contributed by atoms with E-state index in [-0.39, 0.29) is 22.3 Å². The minimum Gasteiger partial charge on any atom is -0.300 e. The maximum Gasteiger partial charge on any atom is 0.236 e. The highest BCUT2D eigenvalue weighted by molar-refractivity contribution is 8.00. The van der Waals surface area contributed by atoms with Crippen LogP contribution >= 0.6 is 23.1 Å². The van der Waals surface area contributed by atoms with Crippen LogP contribution in [0.15, 0.2) is 64.4 Å². The van der Waals surface area contributed by atoms with Crippen LogP contribution in [0.1, 0.15) is 10.6 Å². The first-order chi connectivity index (χ1) is 12.9. The van der Waals surface area contributed by atoms with E-state index in [4.69, 9.17) is 0 Å². The SMILES string of the molecule is Cc1ccc(SCC(=O)Nc2nnc(CS(=O)(=O)c3ccccc3)s2)cc1. The summed E-state index contributed by atoms with van der Waals surface area (Å²) in [7, 11) is -3.49. The molecule has 0 bridgehead atoms. The van der Waals surface area contributed by atoms with Gasteiger partial charge in [-0.2, -0.15) is 0 Å². The molecule has 1 amide bonds. The summed E-state index contributed by atoms with van der Waals surface area (Å²) in [6.07, 6.45) is 0. The number of aryl methyl sites for hydroxylation is 1. The summed E-state index contributed by atoms with van der Waals surface area (Å²) in [5.41, 5.74) is 1.16. The third-order valence-electron chi connectivity index (χ3n) is 3.52. The van der Waals surface area contributed by atoms with E-state index in [9.17, 15) is 13.2 Å². The molecular formula is C18H17N3O3S3. The second-order valence-electron chi connectivity index (χ2n) is 5.72. The van der Waals surface area contributed by atoms with Gasteiger partial charge in [0.05, 0.1) is 10.6 Å². The van der Waals surface area contributed by atoms with Gasteiger partial charge in [-0.05, 0) is 31.2 Å². The summed E-state index contributed by atoms with van der Waals surface area (Å²) in [4.78, 5) is 13.3. The number of sulfone groups is 1. The zero-order valence-electron chi connectivity index (χ0n) is 14.5. The molecule has 6 nitrogen and oxygen atoms in total. The highest BCUT2D eigenvalue weighted by Gasteiger charge is 2.18. The number of benzene rings is 2. The zero-order chi connectivity index (χ0) is 19.3. The van der Waals surface area contributed by atoms with Crippen molar-refractivity contribution in [3.63, 3.8) is 0 Å². The first kappa shape index (κ1) is 19.5. The quantitative estimate of drug-likeness (QED) is 0.589. The minimum atomic E-state index is -3.49. The summed E-state index contributed by atoms with van der Waals surface area (Å²) >= 11 is 2.48. The van der Waals surface area contributed by atoms with Gasteiger partial charge in [0.15, 0.2) is 9.84 Å². The molecule has 0 fully saturated rings. The molecular weight excluding hydrogens is 402 g/mol. The van der Waals surface area contributed by atoms with Gasteiger partial charge in [-0.25, -0.2) is 8.42 Å².